The summed E-state index contributed by atoms with van der Waals surface area (Å²) in [5, 5.41) is 0. The summed E-state index contributed by atoms with van der Waals surface area (Å²) in [7, 11) is 0. The Kier molecular flexibility index (Phi) is 2.17. The van der Waals surface area contributed by atoms with E-state index < -0.39 is 0 Å². The maximum atomic E-state index is 11.9. The predicted molar refractivity (Wildman–Crippen MR) is 64.0 cm³/mol. The average molecular weight is 216 g/mol. The fraction of sp³-hybridized carbons (Fsp3) is 0.308. The lowest BCUT2D eigenvalue weighted by Gasteiger charge is -2.25. The van der Waals surface area contributed by atoms with E-state index in [1.165, 1.54) is 28.2 Å². The van der Waals surface area contributed by atoms with Crippen molar-refractivity contribution in [3.05, 3.63) is 41.0 Å². The van der Waals surface area contributed by atoms with Gasteiger partial charge in [-0.15, -0.1) is 11.8 Å². The van der Waals surface area contributed by atoms with Gasteiger partial charge in [0.05, 0.1) is 0 Å². The second kappa shape index (κ2) is 3.53. The highest BCUT2D eigenvalue weighted by Crippen LogP contribution is 2.43. The molecule has 0 unspecified atom stereocenters. The van der Waals surface area contributed by atoms with Crippen LogP contribution in [0.2, 0.25) is 0 Å². The van der Waals surface area contributed by atoms with Crippen LogP contribution in [0.25, 0.3) is 4.91 Å². The van der Waals surface area contributed by atoms with Crippen LogP contribution < -0.4 is 0 Å². The van der Waals surface area contributed by atoms with Gasteiger partial charge in [0.15, 0.2) is 5.78 Å². The highest BCUT2D eigenvalue weighted by molar-refractivity contribution is 8.08. The van der Waals surface area contributed by atoms with E-state index in [-0.39, 0.29) is 0 Å². The van der Waals surface area contributed by atoms with E-state index in [1.54, 1.807) is 0 Å². The highest BCUT2D eigenvalue weighted by atomic mass is 32.2. The van der Waals surface area contributed by atoms with Crippen molar-refractivity contribution in [2.45, 2.75) is 19.3 Å². The molecule has 0 fully saturated rings. The molecule has 0 spiro atoms. The van der Waals surface area contributed by atoms with Crippen molar-refractivity contribution in [1.29, 1.82) is 0 Å². The Morgan fingerprint density at radius 2 is 1.93 bits per heavy atom. The van der Waals surface area contributed by atoms with E-state index in [9.17, 15) is 4.79 Å². The Hall–Kier alpha value is -1.02. The summed E-state index contributed by atoms with van der Waals surface area (Å²) >= 11 is 1.92. The van der Waals surface area contributed by atoms with Crippen LogP contribution in [0, 0.1) is 0 Å². The van der Waals surface area contributed by atoms with Gasteiger partial charge in [0.1, 0.15) is 0 Å². The molecule has 0 saturated heterocycles. The number of thioether (sulfide) groups is 1. The van der Waals surface area contributed by atoms with Crippen LogP contribution in [0.5, 0.6) is 0 Å². The molecule has 2 aliphatic rings. The smallest absolute Gasteiger partial charge is 0.167 e. The fourth-order valence-electron chi connectivity index (χ4n) is 2.33. The monoisotopic (exact) mass is 216 g/mol. The number of Topliss-reactive ketones (excluding diaryl/α,β-unsaturated/α-hetero) is 1. The fourth-order valence-corrected chi connectivity index (χ4v) is 3.53. The number of rotatable bonds is 0. The van der Waals surface area contributed by atoms with Gasteiger partial charge in [0.2, 0.25) is 0 Å². The summed E-state index contributed by atoms with van der Waals surface area (Å²) in [6.07, 6.45) is 2.99. The van der Waals surface area contributed by atoms with Crippen LogP contribution in [0.4, 0.5) is 0 Å². The molecular weight excluding hydrogens is 204 g/mol. The van der Waals surface area contributed by atoms with Crippen LogP contribution in [0.15, 0.2) is 29.8 Å². The molecule has 0 aromatic heterocycles. The van der Waals surface area contributed by atoms with Crippen molar-refractivity contribution in [3.63, 3.8) is 0 Å². The molecule has 0 bridgehead atoms. The lowest BCUT2D eigenvalue weighted by atomic mass is 9.89. The molecule has 0 amide bonds. The van der Waals surface area contributed by atoms with Crippen molar-refractivity contribution in [2.24, 2.45) is 0 Å². The zero-order chi connectivity index (χ0) is 10.3. The summed E-state index contributed by atoms with van der Waals surface area (Å²) < 4.78 is 0. The van der Waals surface area contributed by atoms with Crippen molar-refractivity contribution >= 4 is 22.5 Å². The molecule has 0 atom stereocenters. The molecule has 1 heterocycles. The van der Waals surface area contributed by atoms with Gasteiger partial charge in [-0.1, -0.05) is 24.3 Å². The summed E-state index contributed by atoms with van der Waals surface area (Å²) in [5.74, 6) is 1.49. The highest BCUT2D eigenvalue weighted by Gasteiger charge is 2.26. The van der Waals surface area contributed by atoms with Gasteiger partial charge in [-0.05, 0) is 29.7 Å². The molecule has 76 valence electrons. The Labute approximate surface area is 93.6 Å². The lowest BCUT2D eigenvalue weighted by molar-refractivity contribution is 0.0990. The molecule has 3 rings (SSSR count). The lowest BCUT2D eigenvalue weighted by Crippen LogP contribution is -2.13. The van der Waals surface area contributed by atoms with E-state index >= 15 is 0 Å². The summed E-state index contributed by atoms with van der Waals surface area (Å²) in [6, 6.07) is 8.02. The van der Waals surface area contributed by atoms with Gasteiger partial charge in [0.25, 0.3) is 0 Å². The molecule has 1 aliphatic heterocycles. The molecule has 0 saturated carbocycles. The third-order valence-electron chi connectivity index (χ3n) is 3.04. The first-order valence-electron chi connectivity index (χ1n) is 5.33. The summed E-state index contributed by atoms with van der Waals surface area (Å²) in [6.45, 7) is 0. The van der Waals surface area contributed by atoms with Crippen molar-refractivity contribution in [1.82, 2.24) is 0 Å². The molecule has 2 heteroatoms. The molecule has 1 aromatic carbocycles. The number of hydrogen-bond donors (Lipinski definition) is 0. The van der Waals surface area contributed by atoms with Crippen LogP contribution in [0.3, 0.4) is 0 Å². The first-order chi connectivity index (χ1) is 7.36. The average Bonchev–Trinajstić information content (AvgIpc) is 2.30. The molecule has 1 aromatic rings. The third kappa shape index (κ3) is 1.44. The summed E-state index contributed by atoms with van der Waals surface area (Å²) in [5.41, 5.74) is 3.47. The van der Waals surface area contributed by atoms with Crippen LogP contribution in [-0.4, -0.2) is 11.5 Å². The Bertz CT molecular complexity index is 459. The minimum Gasteiger partial charge on any atom is -0.294 e. The second-order valence-corrected chi connectivity index (χ2v) is 5.14. The van der Waals surface area contributed by atoms with E-state index in [1.807, 2.05) is 30.0 Å². The van der Waals surface area contributed by atoms with Gasteiger partial charge in [-0.2, -0.15) is 0 Å². The minimum atomic E-state index is 0.298. The second-order valence-electron chi connectivity index (χ2n) is 4.03. The van der Waals surface area contributed by atoms with E-state index in [2.05, 4.69) is 6.07 Å². The largest absolute Gasteiger partial charge is 0.294 e. The van der Waals surface area contributed by atoms with Gasteiger partial charge in [-0.25, -0.2) is 0 Å². The maximum Gasteiger partial charge on any atom is 0.167 e. The van der Waals surface area contributed by atoms with Crippen LogP contribution in [-0.2, 0) is 0 Å². The maximum absolute atomic E-state index is 11.9. The number of carbonyl (C=O) groups excluding carboxylic acids is 1. The number of fused-ring (bicyclic) bond motifs is 2. The van der Waals surface area contributed by atoms with Gasteiger partial charge in [-0.3, -0.25) is 4.79 Å². The van der Waals surface area contributed by atoms with Gasteiger partial charge >= 0.3 is 0 Å². The van der Waals surface area contributed by atoms with E-state index in [0.29, 0.717) is 12.2 Å². The quantitative estimate of drug-likeness (QED) is 0.660. The Balaban J connectivity index is 2.20. The molecule has 0 radical (unpaired) electrons. The number of hydrogen-bond acceptors (Lipinski definition) is 2. The summed E-state index contributed by atoms with van der Waals surface area (Å²) in [4.78, 5) is 13.3. The number of carbonyl (C=O) groups is 1. The van der Waals surface area contributed by atoms with Crippen LogP contribution >= 0.6 is 11.8 Å². The standard InChI is InChI=1S/C13H12OS/c14-12-8-9-4-3-7-15-13(9)11-6-2-1-5-10(11)12/h1-2,5-6H,3-4,7-8H2. The molecule has 0 N–H and O–H groups in total. The van der Waals surface area contributed by atoms with E-state index in [4.69, 9.17) is 0 Å². The van der Waals surface area contributed by atoms with Crippen molar-refractivity contribution < 1.29 is 4.79 Å². The van der Waals surface area contributed by atoms with Crippen molar-refractivity contribution in [3.8, 4) is 0 Å². The molecular formula is C13H12OS. The Morgan fingerprint density at radius 1 is 1.13 bits per heavy atom. The molecule has 1 nitrogen and oxygen atoms in total. The first-order valence-corrected chi connectivity index (χ1v) is 6.32. The topological polar surface area (TPSA) is 17.1 Å². The number of allylic oxidation sites excluding steroid dienone is 1. The van der Waals surface area contributed by atoms with Gasteiger partial charge < -0.3 is 0 Å². The molecule has 15 heavy (non-hydrogen) atoms. The zero-order valence-corrected chi connectivity index (χ0v) is 9.27. The van der Waals surface area contributed by atoms with E-state index in [0.717, 1.165) is 12.0 Å². The third-order valence-corrected chi connectivity index (χ3v) is 4.33. The SMILES string of the molecule is O=C1CC2=C(SCCC2)c2ccccc21. The normalized spacial score (nSPS) is 19.9. The minimum absolute atomic E-state index is 0.298. The Morgan fingerprint density at radius 3 is 2.80 bits per heavy atom. The van der Waals surface area contributed by atoms with Gasteiger partial charge in [0, 0.05) is 16.9 Å². The molecule has 1 aliphatic carbocycles. The van der Waals surface area contributed by atoms with Crippen molar-refractivity contribution in [2.75, 3.05) is 5.75 Å². The number of benzene rings is 1. The van der Waals surface area contributed by atoms with Crippen LogP contribution in [0.1, 0.15) is 35.2 Å². The first kappa shape index (κ1) is 9.22. The number of ketones is 1. The zero-order valence-electron chi connectivity index (χ0n) is 8.45. The predicted octanol–water partition coefficient (Wildman–Crippen LogP) is 3.51.